The molecule has 172 valence electrons. The van der Waals surface area contributed by atoms with Crippen LogP contribution in [0.15, 0.2) is 72.3 Å². The normalized spacial score (nSPS) is 10.7. The average molecular weight is 476 g/mol. The molecular formula is C26H22ClN3O4. The van der Waals surface area contributed by atoms with Crippen LogP contribution in [0.4, 0.5) is 11.4 Å². The van der Waals surface area contributed by atoms with Gasteiger partial charge in [0.25, 0.3) is 11.8 Å². The van der Waals surface area contributed by atoms with E-state index in [9.17, 15) is 14.9 Å². The summed E-state index contributed by atoms with van der Waals surface area (Å²) in [7, 11) is 1.46. The molecule has 0 saturated carbocycles. The second-order valence-electron chi connectivity index (χ2n) is 7.20. The van der Waals surface area contributed by atoms with Crippen molar-refractivity contribution >= 4 is 40.9 Å². The maximum Gasteiger partial charge on any atom is 0.266 e. The van der Waals surface area contributed by atoms with Crippen molar-refractivity contribution < 1.29 is 19.1 Å². The van der Waals surface area contributed by atoms with E-state index in [1.165, 1.54) is 13.2 Å². The lowest BCUT2D eigenvalue weighted by Crippen LogP contribution is -2.20. The minimum atomic E-state index is -0.527. The van der Waals surface area contributed by atoms with Crippen LogP contribution in [0, 0.1) is 18.3 Å². The highest BCUT2D eigenvalue weighted by Crippen LogP contribution is 2.29. The number of benzene rings is 3. The zero-order chi connectivity index (χ0) is 24.5. The lowest BCUT2D eigenvalue weighted by atomic mass is 10.1. The molecule has 3 rings (SSSR count). The molecule has 8 heteroatoms. The average Bonchev–Trinajstić information content (AvgIpc) is 2.84. The lowest BCUT2D eigenvalue weighted by molar-refractivity contribution is -0.118. The van der Waals surface area contributed by atoms with Gasteiger partial charge >= 0.3 is 0 Å². The Labute approximate surface area is 202 Å². The number of hydrogen-bond acceptors (Lipinski definition) is 5. The third-order valence-electron chi connectivity index (χ3n) is 4.71. The maximum absolute atomic E-state index is 12.4. The summed E-state index contributed by atoms with van der Waals surface area (Å²) < 4.78 is 10.9. The SMILES string of the molecule is COc1cc(/C=C(\C#N)C(=O)Nc2ccccc2)ccc1OCC(=O)Nc1ccc(C)c(Cl)c1. The van der Waals surface area contributed by atoms with Crippen LogP contribution in [-0.4, -0.2) is 25.5 Å². The molecule has 3 aromatic rings. The summed E-state index contributed by atoms with van der Waals surface area (Å²) in [6, 6.07) is 20.9. The van der Waals surface area contributed by atoms with Crippen LogP contribution in [0.3, 0.4) is 0 Å². The van der Waals surface area contributed by atoms with E-state index < -0.39 is 5.91 Å². The molecule has 0 aliphatic heterocycles. The predicted molar refractivity (Wildman–Crippen MR) is 132 cm³/mol. The number of halogens is 1. The Morgan fingerprint density at radius 2 is 1.76 bits per heavy atom. The van der Waals surface area contributed by atoms with E-state index in [1.807, 2.05) is 25.1 Å². The van der Waals surface area contributed by atoms with E-state index in [1.54, 1.807) is 54.6 Å². The topological polar surface area (TPSA) is 100 Å². The van der Waals surface area contributed by atoms with Gasteiger partial charge in [0, 0.05) is 16.4 Å². The number of nitriles is 1. The number of carbonyl (C=O) groups is 2. The fraction of sp³-hybridized carbons (Fsp3) is 0.115. The van der Waals surface area contributed by atoms with Gasteiger partial charge in [-0.05, 0) is 60.5 Å². The first-order valence-corrected chi connectivity index (χ1v) is 10.6. The first-order valence-electron chi connectivity index (χ1n) is 10.2. The van der Waals surface area contributed by atoms with E-state index in [2.05, 4.69) is 10.6 Å². The van der Waals surface area contributed by atoms with Gasteiger partial charge in [-0.1, -0.05) is 41.9 Å². The van der Waals surface area contributed by atoms with Crippen LogP contribution in [0.2, 0.25) is 5.02 Å². The number of methoxy groups -OCH3 is 1. The molecule has 3 aromatic carbocycles. The molecule has 0 aromatic heterocycles. The number of ether oxygens (including phenoxy) is 2. The summed E-state index contributed by atoms with van der Waals surface area (Å²) in [6.07, 6.45) is 1.44. The second kappa shape index (κ2) is 11.5. The standard InChI is InChI=1S/C26H22ClN3O4/c1-17-8-10-21(14-22(17)27)29-25(31)16-34-23-11-9-18(13-24(23)33-2)12-19(15-28)26(32)30-20-6-4-3-5-7-20/h3-14H,16H2,1-2H3,(H,29,31)(H,30,32)/b19-12+. The Bertz CT molecular complexity index is 1270. The van der Waals surface area contributed by atoms with Crippen molar-refractivity contribution in [3.63, 3.8) is 0 Å². The Morgan fingerprint density at radius 3 is 2.44 bits per heavy atom. The van der Waals surface area contributed by atoms with Crippen LogP contribution in [0.5, 0.6) is 11.5 Å². The van der Waals surface area contributed by atoms with Gasteiger partial charge in [0.15, 0.2) is 18.1 Å². The van der Waals surface area contributed by atoms with Crippen molar-refractivity contribution in [2.45, 2.75) is 6.92 Å². The van der Waals surface area contributed by atoms with E-state index >= 15 is 0 Å². The number of carbonyl (C=O) groups excluding carboxylic acids is 2. The number of nitrogens with one attached hydrogen (secondary N) is 2. The van der Waals surface area contributed by atoms with Crippen molar-refractivity contribution in [1.82, 2.24) is 0 Å². The second-order valence-corrected chi connectivity index (χ2v) is 7.61. The molecule has 2 amide bonds. The number of para-hydroxylation sites is 1. The fourth-order valence-electron chi connectivity index (χ4n) is 2.94. The quantitative estimate of drug-likeness (QED) is 0.343. The summed E-state index contributed by atoms with van der Waals surface area (Å²) in [4.78, 5) is 24.7. The smallest absolute Gasteiger partial charge is 0.266 e. The van der Waals surface area contributed by atoms with E-state index in [4.69, 9.17) is 21.1 Å². The summed E-state index contributed by atoms with van der Waals surface area (Å²) in [5.41, 5.74) is 2.54. The predicted octanol–water partition coefficient (Wildman–Crippen LogP) is 5.22. The van der Waals surface area contributed by atoms with Crippen LogP contribution in [-0.2, 0) is 9.59 Å². The molecule has 0 radical (unpaired) electrons. The molecule has 2 N–H and O–H groups in total. The number of amides is 2. The molecule has 0 saturated heterocycles. The number of aryl methyl sites for hydroxylation is 1. The molecular weight excluding hydrogens is 454 g/mol. The first kappa shape index (κ1) is 24.4. The molecule has 0 heterocycles. The van der Waals surface area contributed by atoms with E-state index in [0.29, 0.717) is 33.5 Å². The zero-order valence-electron chi connectivity index (χ0n) is 18.6. The first-order chi connectivity index (χ1) is 16.4. The molecule has 34 heavy (non-hydrogen) atoms. The number of nitrogens with zero attached hydrogens (tertiary/aromatic N) is 1. The Kier molecular flexibility index (Phi) is 8.27. The molecule has 0 aliphatic carbocycles. The van der Waals surface area contributed by atoms with Crippen LogP contribution in [0.1, 0.15) is 11.1 Å². The zero-order valence-corrected chi connectivity index (χ0v) is 19.3. The van der Waals surface area contributed by atoms with Gasteiger partial charge < -0.3 is 20.1 Å². The Balaban J connectivity index is 1.67. The molecule has 0 spiro atoms. The Morgan fingerprint density at radius 1 is 1.00 bits per heavy atom. The van der Waals surface area contributed by atoms with Gasteiger partial charge in [-0.3, -0.25) is 9.59 Å². The molecule has 7 nitrogen and oxygen atoms in total. The van der Waals surface area contributed by atoms with Gasteiger partial charge in [0.05, 0.1) is 7.11 Å². The molecule has 0 bridgehead atoms. The minimum absolute atomic E-state index is 0.0734. The molecule has 0 atom stereocenters. The van der Waals surface area contributed by atoms with Crippen molar-refractivity contribution in [2.24, 2.45) is 0 Å². The molecule has 0 aliphatic rings. The Hall–Kier alpha value is -4.28. The monoisotopic (exact) mass is 475 g/mol. The highest BCUT2D eigenvalue weighted by atomic mass is 35.5. The fourth-order valence-corrected chi connectivity index (χ4v) is 3.12. The number of hydrogen-bond donors (Lipinski definition) is 2. The molecule has 0 unspecified atom stereocenters. The summed E-state index contributed by atoms with van der Waals surface area (Å²) >= 11 is 6.08. The van der Waals surface area contributed by atoms with Crippen LogP contribution >= 0.6 is 11.6 Å². The van der Waals surface area contributed by atoms with Gasteiger partial charge in [-0.2, -0.15) is 5.26 Å². The summed E-state index contributed by atoms with van der Waals surface area (Å²) in [6.45, 7) is 1.62. The van der Waals surface area contributed by atoms with Crippen LogP contribution in [0.25, 0.3) is 6.08 Å². The summed E-state index contributed by atoms with van der Waals surface area (Å²) in [5, 5.41) is 15.4. The summed E-state index contributed by atoms with van der Waals surface area (Å²) in [5.74, 6) is -0.208. The largest absolute Gasteiger partial charge is 0.493 e. The van der Waals surface area contributed by atoms with Crippen LogP contribution < -0.4 is 20.1 Å². The van der Waals surface area contributed by atoms with Crippen molar-refractivity contribution in [2.75, 3.05) is 24.4 Å². The highest BCUT2D eigenvalue weighted by Gasteiger charge is 2.12. The van der Waals surface area contributed by atoms with Crippen molar-refractivity contribution in [3.8, 4) is 17.6 Å². The maximum atomic E-state index is 12.4. The van der Waals surface area contributed by atoms with E-state index in [-0.39, 0.29) is 18.1 Å². The lowest BCUT2D eigenvalue weighted by Gasteiger charge is -2.12. The van der Waals surface area contributed by atoms with Gasteiger partial charge in [0.2, 0.25) is 0 Å². The highest BCUT2D eigenvalue weighted by molar-refractivity contribution is 6.31. The third kappa shape index (κ3) is 6.61. The van der Waals surface area contributed by atoms with Gasteiger partial charge in [0.1, 0.15) is 11.6 Å². The number of rotatable bonds is 8. The van der Waals surface area contributed by atoms with Crippen molar-refractivity contribution in [3.05, 3.63) is 88.5 Å². The molecule has 0 fully saturated rings. The number of anilines is 2. The minimum Gasteiger partial charge on any atom is -0.493 e. The third-order valence-corrected chi connectivity index (χ3v) is 5.12. The van der Waals surface area contributed by atoms with Gasteiger partial charge in [-0.15, -0.1) is 0 Å². The van der Waals surface area contributed by atoms with E-state index in [0.717, 1.165) is 5.56 Å². The van der Waals surface area contributed by atoms with Gasteiger partial charge in [-0.25, -0.2) is 0 Å². The van der Waals surface area contributed by atoms with Crippen molar-refractivity contribution in [1.29, 1.82) is 5.26 Å².